The van der Waals surface area contributed by atoms with Crippen molar-refractivity contribution in [3.8, 4) is 0 Å². The first kappa shape index (κ1) is 66.6. The Morgan fingerprint density at radius 3 is 1.27 bits per heavy atom. The summed E-state index contributed by atoms with van der Waals surface area (Å²) in [4.78, 5) is 41.5. The van der Waals surface area contributed by atoms with Gasteiger partial charge in [-0.2, -0.15) is 0 Å². The maximum Gasteiger partial charge on any atom is 0.305 e. The Labute approximate surface area is 413 Å². The molecule has 0 heterocycles. The van der Waals surface area contributed by atoms with Gasteiger partial charge in [-0.1, -0.05) is 214 Å². The highest BCUT2D eigenvalue weighted by Crippen LogP contribution is 2.23. The lowest BCUT2D eigenvalue weighted by Gasteiger charge is -2.33. The second-order valence-corrected chi connectivity index (χ2v) is 20.6. The number of aldehydes is 1. The highest BCUT2D eigenvalue weighted by molar-refractivity contribution is 5.76. The van der Waals surface area contributed by atoms with Crippen molar-refractivity contribution in [2.24, 2.45) is 11.8 Å². The Kier molecular flexibility index (Phi) is 55.0. The minimum Gasteiger partial charge on any atom is -0.465 e. The number of esters is 1. The van der Waals surface area contributed by atoms with E-state index < -0.39 is 0 Å². The van der Waals surface area contributed by atoms with E-state index in [2.05, 4.69) is 58.5 Å². The van der Waals surface area contributed by atoms with Crippen LogP contribution in [0.2, 0.25) is 0 Å². The van der Waals surface area contributed by atoms with Gasteiger partial charge < -0.3 is 24.1 Å². The third-order valence-electron chi connectivity index (χ3n) is 13.8. The van der Waals surface area contributed by atoms with Crippen molar-refractivity contribution < 1.29 is 23.9 Å². The molecule has 0 aromatic rings. The molecule has 0 rings (SSSR count). The van der Waals surface area contributed by atoms with Gasteiger partial charge in [-0.05, 0) is 96.7 Å². The van der Waals surface area contributed by atoms with Crippen LogP contribution < -0.4 is 0 Å². The topological polar surface area (TPSA) is 76.2 Å². The summed E-state index contributed by atoms with van der Waals surface area (Å²) in [5.74, 6) is 1.61. The Morgan fingerprint density at radius 2 is 0.818 bits per heavy atom. The summed E-state index contributed by atoms with van der Waals surface area (Å²) in [6.07, 6.45) is 49.6. The van der Waals surface area contributed by atoms with Crippen molar-refractivity contribution in [1.82, 2.24) is 9.80 Å². The standard InChI is InChI=1S/C42H82N2O4.C17H36O/c1-6-9-12-15-17-22-30-39(29-21-14-11-8-3)38-48-42(47)34-26-20-24-32-40(31-23-18-19-27-37-45)44(36-28-35-43(4)5)41(46)33-25-16-13-10-7-2;1-4-6-8-10-11-13-15-17(16-18-3)14-12-9-7-5-2/h37,39-40H,6-36,38H2,1-5H3;17H,4-16H2,1-3H3. The smallest absolute Gasteiger partial charge is 0.305 e. The van der Waals surface area contributed by atoms with Crippen LogP contribution in [0.4, 0.5) is 0 Å². The lowest BCUT2D eigenvalue weighted by Crippen LogP contribution is -2.41. The maximum absolute atomic E-state index is 13.6. The number of hydrogen-bond acceptors (Lipinski definition) is 6. The summed E-state index contributed by atoms with van der Waals surface area (Å²) in [6, 6.07) is 0.244. The molecular weight excluding hydrogens is 817 g/mol. The summed E-state index contributed by atoms with van der Waals surface area (Å²) in [5, 5.41) is 0. The number of hydrogen-bond donors (Lipinski definition) is 0. The molecule has 0 spiro atoms. The lowest BCUT2D eigenvalue weighted by molar-refractivity contribution is -0.145. The van der Waals surface area contributed by atoms with Crippen molar-refractivity contribution in [2.75, 3.05) is 47.5 Å². The molecule has 0 aromatic carbocycles. The number of unbranched alkanes of at least 4 members (excludes halogenated alkanes) is 25. The monoisotopic (exact) mass is 935 g/mol. The number of amides is 1. The molecule has 1 amide bonds. The van der Waals surface area contributed by atoms with Crippen molar-refractivity contribution in [3.63, 3.8) is 0 Å². The van der Waals surface area contributed by atoms with E-state index in [1.54, 1.807) is 0 Å². The van der Waals surface area contributed by atoms with Crippen LogP contribution in [0.5, 0.6) is 0 Å². The number of methoxy groups -OCH3 is 1. The first-order chi connectivity index (χ1) is 32.2. The van der Waals surface area contributed by atoms with E-state index in [1.807, 2.05) is 7.11 Å². The quantitative estimate of drug-likeness (QED) is 0.0344. The fourth-order valence-corrected chi connectivity index (χ4v) is 9.45. The van der Waals surface area contributed by atoms with Gasteiger partial charge in [0.15, 0.2) is 0 Å². The van der Waals surface area contributed by atoms with E-state index in [1.165, 1.54) is 173 Å². The van der Waals surface area contributed by atoms with E-state index in [0.717, 1.165) is 103 Å². The number of rotatable bonds is 51. The van der Waals surface area contributed by atoms with Crippen molar-refractivity contribution in [2.45, 2.75) is 304 Å². The van der Waals surface area contributed by atoms with Crippen LogP contribution in [-0.4, -0.2) is 81.5 Å². The first-order valence-corrected chi connectivity index (χ1v) is 29.3. The van der Waals surface area contributed by atoms with Crippen LogP contribution in [0, 0.1) is 11.8 Å². The average Bonchev–Trinajstić information content (AvgIpc) is 3.31. The van der Waals surface area contributed by atoms with Crippen LogP contribution in [0.25, 0.3) is 0 Å². The number of carbonyl (C=O) groups excluding carboxylic acids is 3. The molecule has 7 heteroatoms. The largest absolute Gasteiger partial charge is 0.465 e. The van der Waals surface area contributed by atoms with Gasteiger partial charge in [-0.3, -0.25) is 9.59 Å². The van der Waals surface area contributed by atoms with Gasteiger partial charge >= 0.3 is 5.97 Å². The zero-order valence-corrected chi connectivity index (χ0v) is 46.1. The number of carbonyl (C=O) groups is 3. The van der Waals surface area contributed by atoms with Gasteiger partial charge in [0.2, 0.25) is 5.91 Å². The number of nitrogens with zero attached hydrogens (tertiary/aromatic N) is 2. The van der Waals surface area contributed by atoms with Gasteiger partial charge in [0.1, 0.15) is 6.29 Å². The van der Waals surface area contributed by atoms with Gasteiger partial charge in [0, 0.05) is 45.6 Å². The highest BCUT2D eigenvalue weighted by atomic mass is 16.5. The third kappa shape index (κ3) is 47.6. The second-order valence-electron chi connectivity index (χ2n) is 20.6. The summed E-state index contributed by atoms with van der Waals surface area (Å²) in [7, 11) is 6.04. The van der Waals surface area contributed by atoms with Gasteiger partial charge in [0.05, 0.1) is 6.61 Å². The van der Waals surface area contributed by atoms with Crippen LogP contribution in [-0.2, 0) is 23.9 Å². The average molecular weight is 936 g/mol. The Balaban J connectivity index is 0. The minimum absolute atomic E-state index is 0.0354. The molecule has 3 atom stereocenters. The molecule has 66 heavy (non-hydrogen) atoms. The zero-order valence-electron chi connectivity index (χ0n) is 46.1. The highest BCUT2D eigenvalue weighted by Gasteiger charge is 2.23. The summed E-state index contributed by atoms with van der Waals surface area (Å²) in [5.41, 5.74) is 0. The van der Waals surface area contributed by atoms with E-state index >= 15 is 0 Å². The van der Waals surface area contributed by atoms with E-state index in [4.69, 9.17) is 9.47 Å². The molecule has 3 unspecified atom stereocenters. The Bertz CT molecular complexity index is 991. The molecule has 0 aromatic heterocycles. The fraction of sp³-hybridized carbons (Fsp3) is 0.949. The number of ether oxygens (including phenoxy) is 2. The predicted octanol–water partition coefficient (Wildman–Crippen LogP) is 17.4. The normalized spacial score (nSPS) is 12.7. The molecule has 0 radical (unpaired) electrons. The van der Waals surface area contributed by atoms with Gasteiger partial charge in [0.25, 0.3) is 0 Å². The molecule has 0 N–H and O–H groups in total. The summed E-state index contributed by atoms with van der Waals surface area (Å²) >= 11 is 0. The molecule has 0 aliphatic carbocycles. The van der Waals surface area contributed by atoms with E-state index in [0.29, 0.717) is 37.7 Å². The van der Waals surface area contributed by atoms with E-state index in [-0.39, 0.29) is 12.0 Å². The molecule has 0 bridgehead atoms. The first-order valence-electron chi connectivity index (χ1n) is 29.3. The minimum atomic E-state index is -0.0354. The second kappa shape index (κ2) is 54.5. The Hall–Kier alpha value is -1.47. The summed E-state index contributed by atoms with van der Waals surface area (Å²) < 4.78 is 11.2. The molecule has 0 aliphatic rings. The maximum atomic E-state index is 13.6. The van der Waals surface area contributed by atoms with Crippen LogP contribution in [0.15, 0.2) is 0 Å². The van der Waals surface area contributed by atoms with Crippen molar-refractivity contribution in [3.05, 3.63) is 0 Å². The molecule has 0 saturated heterocycles. The van der Waals surface area contributed by atoms with Crippen molar-refractivity contribution in [1.29, 1.82) is 0 Å². The molecule has 0 saturated carbocycles. The predicted molar refractivity (Wildman–Crippen MR) is 288 cm³/mol. The third-order valence-corrected chi connectivity index (χ3v) is 13.8. The van der Waals surface area contributed by atoms with Crippen LogP contribution in [0.1, 0.15) is 298 Å². The molecule has 0 aliphatic heterocycles. The molecule has 7 nitrogen and oxygen atoms in total. The molecule has 394 valence electrons. The summed E-state index contributed by atoms with van der Waals surface area (Å²) in [6.45, 7) is 14.7. The van der Waals surface area contributed by atoms with Gasteiger partial charge in [-0.15, -0.1) is 0 Å². The zero-order chi connectivity index (χ0) is 49.0. The lowest BCUT2D eigenvalue weighted by atomic mass is 9.95. The SMILES string of the molecule is CCCCCCCCC(CCCCCC)COC.CCCCCCCCC(CCCCCC)COC(=O)CCCCCC(CCCCCC=O)N(CCCN(C)C)C(=O)CCCCCCC. The fourth-order valence-electron chi connectivity index (χ4n) is 9.45. The van der Waals surface area contributed by atoms with E-state index in [9.17, 15) is 14.4 Å². The van der Waals surface area contributed by atoms with Crippen LogP contribution in [0.3, 0.4) is 0 Å². The Morgan fingerprint density at radius 1 is 0.439 bits per heavy atom. The van der Waals surface area contributed by atoms with Crippen molar-refractivity contribution >= 4 is 18.2 Å². The molecule has 0 fully saturated rings. The van der Waals surface area contributed by atoms with Gasteiger partial charge in [-0.25, -0.2) is 0 Å². The molecular formula is C59H118N2O5. The van der Waals surface area contributed by atoms with Crippen LogP contribution >= 0.6 is 0 Å².